The average molecular weight is 481 g/mol. The zero-order valence-corrected chi connectivity index (χ0v) is 20.7. The van der Waals surface area contributed by atoms with Crippen LogP contribution in [0.4, 0.5) is 5.69 Å². The summed E-state index contributed by atoms with van der Waals surface area (Å²) in [7, 11) is 0. The number of carbonyl (C=O) groups is 1. The molecule has 5 rings (SSSR count). The van der Waals surface area contributed by atoms with Crippen molar-refractivity contribution in [3.05, 3.63) is 47.1 Å². The number of nitrogens with one attached hydrogen (secondary N) is 1. The van der Waals surface area contributed by atoms with E-state index in [-0.39, 0.29) is 5.91 Å². The molecule has 1 aromatic carbocycles. The van der Waals surface area contributed by atoms with E-state index in [0.717, 1.165) is 61.0 Å². The van der Waals surface area contributed by atoms with Crippen LogP contribution < -0.4 is 5.32 Å². The van der Waals surface area contributed by atoms with E-state index in [9.17, 15) is 4.79 Å². The summed E-state index contributed by atoms with van der Waals surface area (Å²) in [6.07, 6.45) is 2.59. The quantitative estimate of drug-likeness (QED) is 0.545. The standard InChI is InChI=1S/C26H32N4O3S/c1-18-13-23(19(2)30(18)15-22-7-4-10-33-22)24-17-34-26(28-24)20-5-3-6-21(14-20)27-25(31)16-29-8-11-32-12-9-29/h3,5-6,13-14,17,22H,4,7-12,15-16H2,1-2H3,(H,27,31)/t22-/m0/s1. The molecule has 1 atom stereocenters. The van der Waals surface area contributed by atoms with Gasteiger partial charge in [0.05, 0.1) is 31.6 Å². The van der Waals surface area contributed by atoms with Crippen molar-refractivity contribution in [2.24, 2.45) is 0 Å². The van der Waals surface area contributed by atoms with Crippen molar-refractivity contribution in [2.45, 2.75) is 39.3 Å². The third-order valence-corrected chi connectivity index (χ3v) is 7.52. The van der Waals surface area contributed by atoms with Crippen molar-refractivity contribution < 1.29 is 14.3 Å². The third-order valence-electron chi connectivity index (χ3n) is 6.63. The Kier molecular flexibility index (Phi) is 7.10. The van der Waals surface area contributed by atoms with E-state index in [0.29, 0.717) is 25.9 Å². The van der Waals surface area contributed by atoms with E-state index in [2.05, 4.69) is 40.1 Å². The number of rotatable bonds is 7. The highest BCUT2D eigenvalue weighted by atomic mass is 32.1. The zero-order chi connectivity index (χ0) is 23.5. The van der Waals surface area contributed by atoms with Crippen LogP contribution in [0.2, 0.25) is 0 Å². The van der Waals surface area contributed by atoms with Crippen LogP contribution in [-0.4, -0.2) is 65.9 Å². The second-order valence-electron chi connectivity index (χ2n) is 9.09. The van der Waals surface area contributed by atoms with Crippen LogP contribution in [0.5, 0.6) is 0 Å². The van der Waals surface area contributed by atoms with Gasteiger partial charge in [0, 0.05) is 59.8 Å². The molecule has 0 unspecified atom stereocenters. The van der Waals surface area contributed by atoms with Crippen molar-refractivity contribution in [3.8, 4) is 21.8 Å². The van der Waals surface area contributed by atoms with Gasteiger partial charge in [0.25, 0.3) is 0 Å². The second kappa shape index (κ2) is 10.4. The molecular weight excluding hydrogens is 448 g/mol. The van der Waals surface area contributed by atoms with Gasteiger partial charge in [-0.15, -0.1) is 11.3 Å². The Morgan fingerprint density at radius 2 is 2.06 bits per heavy atom. The fourth-order valence-electron chi connectivity index (χ4n) is 4.76. The molecule has 0 spiro atoms. The van der Waals surface area contributed by atoms with Crippen LogP contribution in [0.1, 0.15) is 24.2 Å². The van der Waals surface area contributed by atoms with Crippen molar-refractivity contribution >= 4 is 22.9 Å². The number of hydrogen-bond acceptors (Lipinski definition) is 6. The summed E-state index contributed by atoms with van der Waals surface area (Å²) < 4.78 is 13.6. The molecule has 2 aliphatic heterocycles. The van der Waals surface area contributed by atoms with Crippen LogP contribution in [0, 0.1) is 13.8 Å². The highest BCUT2D eigenvalue weighted by molar-refractivity contribution is 7.13. The predicted octanol–water partition coefficient (Wildman–Crippen LogP) is 4.35. The molecule has 0 bridgehead atoms. The van der Waals surface area contributed by atoms with E-state index in [1.54, 1.807) is 11.3 Å². The van der Waals surface area contributed by atoms with Crippen LogP contribution in [0.25, 0.3) is 21.8 Å². The maximum Gasteiger partial charge on any atom is 0.238 e. The summed E-state index contributed by atoms with van der Waals surface area (Å²) in [5.41, 5.74) is 6.44. The number of morpholine rings is 1. The lowest BCUT2D eigenvalue weighted by Gasteiger charge is -2.25. The highest BCUT2D eigenvalue weighted by Crippen LogP contribution is 2.33. The SMILES string of the molecule is Cc1cc(-c2csc(-c3cccc(NC(=O)CN4CCOCC4)c3)n2)c(C)n1C[C@@H]1CCCO1. The van der Waals surface area contributed by atoms with E-state index in [1.807, 2.05) is 24.3 Å². The maximum absolute atomic E-state index is 12.5. The summed E-state index contributed by atoms with van der Waals surface area (Å²) in [5.74, 6) is -0.00226. The first kappa shape index (κ1) is 23.2. The molecule has 4 heterocycles. The van der Waals surface area contributed by atoms with Gasteiger partial charge >= 0.3 is 0 Å². The number of carbonyl (C=O) groups excluding carboxylic acids is 1. The van der Waals surface area contributed by atoms with Gasteiger partial charge < -0.3 is 19.4 Å². The number of aryl methyl sites for hydroxylation is 1. The lowest BCUT2D eigenvalue weighted by molar-refractivity contribution is -0.118. The number of anilines is 1. The fraction of sp³-hybridized carbons (Fsp3) is 0.462. The summed E-state index contributed by atoms with van der Waals surface area (Å²) >= 11 is 1.63. The Bertz CT molecular complexity index is 1140. The minimum Gasteiger partial charge on any atom is -0.379 e. The minimum atomic E-state index is -0.00226. The minimum absolute atomic E-state index is 0.00226. The summed E-state index contributed by atoms with van der Waals surface area (Å²) in [6, 6.07) is 10.2. The highest BCUT2D eigenvalue weighted by Gasteiger charge is 2.20. The first-order chi connectivity index (χ1) is 16.6. The molecule has 8 heteroatoms. The Labute approximate surface area is 204 Å². The second-order valence-corrected chi connectivity index (χ2v) is 9.94. The lowest BCUT2D eigenvalue weighted by Crippen LogP contribution is -2.41. The van der Waals surface area contributed by atoms with E-state index in [4.69, 9.17) is 14.5 Å². The summed E-state index contributed by atoms with van der Waals surface area (Å²) in [4.78, 5) is 19.6. The largest absolute Gasteiger partial charge is 0.379 e. The number of nitrogens with zero attached hydrogens (tertiary/aromatic N) is 3. The van der Waals surface area contributed by atoms with Crippen LogP contribution in [0.3, 0.4) is 0 Å². The molecular formula is C26H32N4O3S. The van der Waals surface area contributed by atoms with Crippen LogP contribution >= 0.6 is 11.3 Å². The summed E-state index contributed by atoms with van der Waals surface area (Å²) in [6.45, 7) is 9.45. The predicted molar refractivity (Wildman–Crippen MR) is 135 cm³/mol. The van der Waals surface area contributed by atoms with Gasteiger partial charge in [0.2, 0.25) is 5.91 Å². The summed E-state index contributed by atoms with van der Waals surface area (Å²) in [5, 5.41) is 6.10. The molecule has 2 aliphatic rings. The van der Waals surface area contributed by atoms with Crippen LogP contribution in [0.15, 0.2) is 35.7 Å². The van der Waals surface area contributed by atoms with Gasteiger partial charge in [-0.25, -0.2) is 4.98 Å². The Morgan fingerprint density at radius 3 is 2.85 bits per heavy atom. The molecule has 2 fully saturated rings. The van der Waals surface area contributed by atoms with Crippen molar-refractivity contribution in [1.29, 1.82) is 0 Å². The number of amides is 1. The normalized spacial score (nSPS) is 18.9. The first-order valence-electron chi connectivity index (χ1n) is 12.0. The van der Waals surface area contributed by atoms with Crippen LogP contribution in [-0.2, 0) is 20.8 Å². The molecule has 180 valence electrons. The Balaban J connectivity index is 1.29. The smallest absolute Gasteiger partial charge is 0.238 e. The van der Waals surface area contributed by atoms with E-state index in [1.165, 1.54) is 17.0 Å². The molecule has 2 aromatic heterocycles. The first-order valence-corrected chi connectivity index (χ1v) is 12.9. The maximum atomic E-state index is 12.5. The van der Waals surface area contributed by atoms with Gasteiger partial charge in [-0.3, -0.25) is 9.69 Å². The van der Waals surface area contributed by atoms with Gasteiger partial charge in [-0.2, -0.15) is 0 Å². The van der Waals surface area contributed by atoms with Gasteiger partial charge in [-0.05, 0) is 44.9 Å². The third kappa shape index (κ3) is 5.25. The van der Waals surface area contributed by atoms with Crippen molar-refractivity contribution in [1.82, 2.24) is 14.5 Å². The fourth-order valence-corrected chi connectivity index (χ4v) is 5.57. The van der Waals surface area contributed by atoms with Gasteiger partial charge in [-0.1, -0.05) is 12.1 Å². The lowest BCUT2D eigenvalue weighted by atomic mass is 10.2. The molecule has 3 aromatic rings. The molecule has 2 saturated heterocycles. The van der Waals surface area contributed by atoms with E-state index < -0.39 is 0 Å². The van der Waals surface area contributed by atoms with Gasteiger partial charge in [0.15, 0.2) is 0 Å². The number of aromatic nitrogens is 2. The number of ether oxygens (including phenoxy) is 2. The zero-order valence-electron chi connectivity index (χ0n) is 19.9. The monoisotopic (exact) mass is 480 g/mol. The number of benzene rings is 1. The number of thiazole rings is 1. The molecule has 1 amide bonds. The average Bonchev–Trinajstić information content (AvgIpc) is 3.58. The number of hydrogen-bond donors (Lipinski definition) is 1. The topological polar surface area (TPSA) is 68.6 Å². The molecule has 0 saturated carbocycles. The van der Waals surface area contributed by atoms with Crippen molar-refractivity contribution in [2.75, 3.05) is 44.8 Å². The molecule has 0 aliphatic carbocycles. The van der Waals surface area contributed by atoms with E-state index >= 15 is 0 Å². The molecule has 7 nitrogen and oxygen atoms in total. The van der Waals surface area contributed by atoms with Gasteiger partial charge in [0.1, 0.15) is 5.01 Å². The Morgan fingerprint density at radius 1 is 1.21 bits per heavy atom. The molecule has 0 radical (unpaired) electrons. The Hall–Kier alpha value is -2.52. The van der Waals surface area contributed by atoms with Crippen molar-refractivity contribution in [3.63, 3.8) is 0 Å². The molecule has 34 heavy (non-hydrogen) atoms. The molecule has 1 N–H and O–H groups in total.